The van der Waals surface area contributed by atoms with E-state index in [9.17, 15) is 4.79 Å². The van der Waals surface area contributed by atoms with Gasteiger partial charge in [-0.2, -0.15) is 5.10 Å². The number of rotatable bonds is 6. The minimum atomic E-state index is -0.301. The van der Waals surface area contributed by atoms with Crippen molar-refractivity contribution in [2.75, 3.05) is 4.90 Å². The van der Waals surface area contributed by atoms with E-state index in [0.717, 1.165) is 59.0 Å². The Kier molecular flexibility index (Phi) is 6.99. The first-order valence-electron chi connectivity index (χ1n) is 12.8. The van der Waals surface area contributed by atoms with Crippen LogP contribution in [-0.2, 0) is 18.4 Å². The molecule has 0 saturated heterocycles. The molecule has 4 nitrogen and oxygen atoms in total. The number of carbonyl (C=O) groups excluding carboxylic acids is 1. The van der Waals surface area contributed by atoms with Gasteiger partial charge in [-0.1, -0.05) is 61.7 Å². The first kappa shape index (κ1) is 24.0. The van der Waals surface area contributed by atoms with Gasteiger partial charge in [-0.15, -0.1) is 0 Å². The van der Waals surface area contributed by atoms with Crippen LogP contribution >= 0.6 is 0 Å². The van der Waals surface area contributed by atoms with E-state index in [1.54, 1.807) is 11.0 Å². The standard InChI is InChI=1S/C31H32FN3O/c1-3-8-22-9-7-12-28(17-22)35(31(36)23-10-5-4-6-11-23)21-26-14-13-25(19-29(26)32)24-15-16-30-27(18-24)20-33-34(30)2/h3,7-9,12-20,23H,4-6,10-11,21H2,1-2H3/b8-3+. The zero-order valence-corrected chi connectivity index (χ0v) is 21.0. The average Bonchev–Trinajstić information content (AvgIpc) is 3.28. The molecule has 1 aliphatic rings. The normalized spacial score (nSPS) is 14.5. The van der Waals surface area contributed by atoms with Crippen LogP contribution in [0.15, 0.2) is 72.9 Å². The highest BCUT2D eigenvalue weighted by Gasteiger charge is 2.28. The predicted octanol–water partition coefficient (Wildman–Crippen LogP) is 7.53. The zero-order chi connectivity index (χ0) is 25.1. The number of hydrogen-bond acceptors (Lipinski definition) is 2. The lowest BCUT2D eigenvalue weighted by Gasteiger charge is -2.30. The quantitative estimate of drug-likeness (QED) is 0.285. The topological polar surface area (TPSA) is 38.1 Å². The van der Waals surface area contributed by atoms with E-state index in [1.807, 2.05) is 91.6 Å². The average molecular weight is 482 g/mol. The number of aryl methyl sites for hydroxylation is 1. The van der Waals surface area contributed by atoms with Crippen molar-refractivity contribution in [2.24, 2.45) is 13.0 Å². The number of anilines is 1. The molecule has 0 radical (unpaired) electrons. The highest BCUT2D eigenvalue weighted by Crippen LogP contribution is 2.31. The van der Waals surface area contributed by atoms with Crippen molar-refractivity contribution >= 4 is 28.6 Å². The molecule has 0 N–H and O–H groups in total. The lowest BCUT2D eigenvalue weighted by Crippen LogP contribution is -2.37. The molecule has 5 heteroatoms. The third-order valence-electron chi connectivity index (χ3n) is 7.22. The van der Waals surface area contributed by atoms with Crippen LogP contribution in [0.3, 0.4) is 0 Å². The number of benzene rings is 3. The van der Waals surface area contributed by atoms with Crippen LogP contribution in [0, 0.1) is 11.7 Å². The Labute approximate surface area is 212 Å². The first-order chi connectivity index (χ1) is 17.5. The van der Waals surface area contributed by atoms with Crippen molar-refractivity contribution in [1.29, 1.82) is 0 Å². The van der Waals surface area contributed by atoms with Gasteiger partial charge in [-0.05, 0) is 66.8 Å². The fourth-order valence-electron chi connectivity index (χ4n) is 5.22. The van der Waals surface area contributed by atoms with Gasteiger partial charge < -0.3 is 4.90 Å². The monoisotopic (exact) mass is 481 g/mol. The first-order valence-corrected chi connectivity index (χ1v) is 12.8. The third kappa shape index (κ3) is 4.97. The van der Waals surface area contributed by atoms with Crippen molar-refractivity contribution in [3.63, 3.8) is 0 Å². The zero-order valence-electron chi connectivity index (χ0n) is 21.0. The molecular weight excluding hydrogens is 449 g/mol. The summed E-state index contributed by atoms with van der Waals surface area (Å²) in [6.45, 7) is 2.18. The van der Waals surface area contributed by atoms with Gasteiger partial charge in [0.2, 0.25) is 5.91 Å². The number of allylic oxidation sites excluding steroid dienone is 1. The van der Waals surface area contributed by atoms with E-state index in [2.05, 4.69) is 5.10 Å². The molecule has 0 atom stereocenters. The summed E-state index contributed by atoms with van der Waals surface area (Å²) in [5.74, 6) is -0.208. The number of fused-ring (bicyclic) bond motifs is 1. The largest absolute Gasteiger partial charge is 0.308 e. The fourth-order valence-corrected chi connectivity index (χ4v) is 5.22. The lowest BCUT2D eigenvalue weighted by atomic mass is 9.88. The minimum absolute atomic E-state index is 0.00216. The molecule has 1 heterocycles. The molecule has 4 aromatic rings. The maximum atomic E-state index is 15.5. The summed E-state index contributed by atoms with van der Waals surface area (Å²) in [4.78, 5) is 15.5. The Balaban J connectivity index is 1.46. The second kappa shape index (κ2) is 10.5. The van der Waals surface area contributed by atoms with Gasteiger partial charge in [-0.25, -0.2) is 4.39 Å². The summed E-state index contributed by atoms with van der Waals surface area (Å²) in [6, 6.07) is 19.3. The highest BCUT2D eigenvalue weighted by atomic mass is 19.1. The summed E-state index contributed by atoms with van der Waals surface area (Å²) < 4.78 is 17.3. The number of halogens is 1. The Morgan fingerprint density at radius 3 is 2.61 bits per heavy atom. The van der Waals surface area contributed by atoms with Crippen LogP contribution in [0.25, 0.3) is 28.1 Å². The second-order valence-electron chi connectivity index (χ2n) is 9.70. The highest BCUT2D eigenvalue weighted by molar-refractivity contribution is 5.95. The number of nitrogens with zero attached hydrogens (tertiary/aromatic N) is 3. The molecule has 1 aliphatic carbocycles. The Hall–Kier alpha value is -3.73. The van der Waals surface area contributed by atoms with Gasteiger partial charge in [0, 0.05) is 29.6 Å². The Morgan fingerprint density at radius 2 is 1.83 bits per heavy atom. The summed E-state index contributed by atoms with van der Waals surface area (Å²) in [5.41, 5.74) is 5.14. The molecule has 36 heavy (non-hydrogen) atoms. The number of hydrogen-bond donors (Lipinski definition) is 0. The maximum Gasteiger partial charge on any atom is 0.230 e. The summed E-state index contributed by atoms with van der Waals surface area (Å²) >= 11 is 0. The van der Waals surface area contributed by atoms with Crippen LogP contribution in [0.4, 0.5) is 10.1 Å². The van der Waals surface area contributed by atoms with E-state index in [-0.39, 0.29) is 24.2 Å². The summed E-state index contributed by atoms with van der Waals surface area (Å²) in [7, 11) is 1.91. The molecule has 1 fully saturated rings. The number of aromatic nitrogens is 2. The van der Waals surface area contributed by atoms with Crippen molar-refractivity contribution in [3.8, 4) is 11.1 Å². The van der Waals surface area contributed by atoms with Crippen LogP contribution in [-0.4, -0.2) is 15.7 Å². The van der Waals surface area contributed by atoms with Crippen molar-refractivity contribution in [2.45, 2.75) is 45.6 Å². The molecule has 5 rings (SSSR count). The van der Waals surface area contributed by atoms with E-state index in [4.69, 9.17) is 0 Å². The molecule has 0 spiro atoms. The van der Waals surface area contributed by atoms with E-state index >= 15 is 4.39 Å². The Bertz CT molecular complexity index is 1410. The van der Waals surface area contributed by atoms with E-state index in [1.165, 1.54) is 6.42 Å². The molecular formula is C31H32FN3O. The van der Waals surface area contributed by atoms with Gasteiger partial charge in [0.25, 0.3) is 0 Å². The maximum absolute atomic E-state index is 15.5. The fraction of sp³-hybridized carbons (Fsp3) is 0.290. The van der Waals surface area contributed by atoms with Crippen molar-refractivity contribution in [1.82, 2.24) is 9.78 Å². The van der Waals surface area contributed by atoms with Gasteiger partial charge in [0.1, 0.15) is 5.82 Å². The van der Waals surface area contributed by atoms with Crippen molar-refractivity contribution in [3.05, 3.63) is 89.9 Å². The molecule has 0 unspecified atom stereocenters. The van der Waals surface area contributed by atoms with Gasteiger partial charge in [0.15, 0.2) is 0 Å². The SMILES string of the molecule is C/C=C/c1cccc(N(Cc2ccc(-c3ccc4c(cnn4C)c3)cc2F)C(=O)C2CCCCC2)c1. The summed E-state index contributed by atoms with van der Waals surface area (Å²) in [6.07, 6.45) is 11.0. The molecule has 1 aromatic heterocycles. The van der Waals surface area contributed by atoms with Crippen molar-refractivity contribution < 1.29 is 9.18 Å². The third-order valence-corrected chi connectivity index (χ3v) is 7.22. The molecule has 3 aromatic carbocycles. The molecule has 1 saturated carbocycles. The number of carbonyl (C=O) groups is 1. The predicted molar refractivity (Wildman–Crippen MR) is 145 cm³/mol. The molecule has 0 bridgehead atoms. The molecule has 184 valence electrons. The summed E-state index contributed by atoms with van der Waals surface area (Å²) in [5, 5.41) is 5.32. The van der Waals surface area contributed by atoms with Crippen LogP contribution in [0.5, 0.6) is 0 Å². The molecule has 0 aliphatic heterocycles. The lowest BCUT2D eigenvalue weighted by molar-refractivity contribution is -0.123. The van der Waals surface area contributed by atoms with Gasteiger partial charge in [-0.3, -0.25) is 9.48 Å². The second-order valence-corrected chi connectivity index (χ2v) is 9.70. The van der Waals surface area contributed by atoms with Crippen LogP contribution < -0.4 is 4.90 Å². The Morgan fingerprint density at radius 1 is 1.06 bits per heavy atom. The van der Waals surface area contributed by atoms with E-state index in [0.29, 0.717) is 5.56 Å². The van der Waals surface area contributed by atoms with Gasteiger partial charge in [0.05, 0.1) is 18.3 Å². The van der Waals surface area contributed by atoms with E-state index < -0.39 is 0 Å². The smallest absolute Gasteiger partial charge is 0.230 e. The van der Waals surface area contributed by atoms with Crippen LogP contribution in [0.2, 0.25) is 0 Å². The van der Waals surface area contributed by atoms with Gasteiger partial charge >= 0.3 is 0 Å². The molecule has 1 amide bonds. The minimum Gasteiger partial charge on any atom is -0.308 e. The van der Waals surface area contributed by atoms with Crippen LogP contribution in [0.1, 0.15) is 50.2 Å². The number of amides is 1.